The molecule has 18 heavy (non-hydrogen) atoms. The van der Waals surface area contributed by atoms with Gasteiger partial charge in [0.25, 0.3) is 0 Å². The van der Waals surface area contributed by atoms with E-state index in [1.807, 2.05) is 0 Å². The Morgan fingerprint density at radius 3 is 2.67 bits per heavy atom. The van der Waals surface area contributed by atoms with Crippen molar-refractivity contribution in [3.63, 3.8) is 0 Å². The van der Waals surface area contributed by atoms with E-state index in [0.717, 1.165) is 25.9 Å². The molecule has 2 rings (SSSR count). The number of nitrogens with one attached hydrogen (secondary N) is 1. The minimum absolute atomic E-state index is 0.0658. The molecule has 0 aromatic rings. The summed E-state index contributed by atoms with van der Waals surface area (Å²) in [6.07, 6.45) is 7.17. The van der Waals surface area contributed by atoms with Crippen molar-refractivity contribution in [3.05, 3.63) is 0 Å². The second kappa shape index (κ2) is 6.53. The predicted octanol–water partition coefficient (Wildman–Crippen LogP) is 1.14. The predicted molar refractivity (Wildman–Crippen MR) is 71.2 cm³/mol. The lowest BCUT2D eigenvalue weighted by Crippen LogP contribution is -2.53. The second-order valence-corrected chi connectivity index (χ2v) is 5.90. The first-order valence-corrected chi connectivity index (χ1v) is 7.31. The molecule has 1 saturated heterocycles. The molecule has 4 nitrogen and oxygen atoms in total. The number of carbonyl (C=O) groups is 1. The van der Waals surface area contributed by atoms with E-state index in [4.69, 9.17) is 5.11 Å². The van der Waals surface area contributed by atoms with Gasteiger partial charge in [-0.05, 0) is 31.6 Å². The molecule has 2 unspecified atom stereocenters. The Labute approximate surface area is 110 Å². The van der Waals surface area contributed by atoms with Crippen molar-refractivity contribution in [1.29, 1.82) is 0 Å². The Morgan fingerprint density at radius 2 is 2.06 bits per heavy atom. The van der Waals surface area contributed by atoms with Crippen molar-refractivity contribution in [2.24, 2.45) is 5.92 Å². The topological polar surface area (TPSA) is 52.6 Å². The largest absolute Gasteiger partial charge is 0.396 e. The summed E-state index contributed by atoms with van der Waals surface area (Å²) in [5.74, 6) is 0.595. The molecule has 0 aromatic carbocycles. The number of carbonyl (C=O) groups excluding carboxylic acids is 1. The lowest BCUT2D eigenvalue weighted by molar-refractivity contribution is -0.120. The molecule has 1 amide bonds. The number of nitrogens with zero attached hydrogens (tertiary/aromatic N) is 1. The standard InChI is InChI=1S/C14H26N2O2/c1-11(18)15-13-8-12(6-7-17)9-16(10-13)14-4-2-3-5-14/h12-14,17H,2-10H2,1H3,(H,15,18). The highest BCUT2D eigenvalue weighted by Crippen LogP contribution is 2.29. The van der Waals surface area contributed by atoms with Crippen molar-refractivity contribution in [2.75, 3.05) is 19.7 Å². The van der Waals surface area contributed by atoms with E-state index in [0.29, 0.717) is 12.0 Å². The molecule has 0 aromatic heterocycles. The van der Waals surface area contributed by atoms with E-state index in [1.54, 1.807) is 6.92 Å². The van der Waals surface area contributed by atoms with E-state index >= 15 is 0 Å². The lowest BCUT2D eigenvalue weighted by atomic mass is 9.90. The van der Waals surface area contributed by atoms with Crippen LogP contribution in [0.2, 0.25) is 0 Å². The number of hydrogen-bond acceptors (Lipinski definition) is 3. The molecule has 0 bridgehead atoms. The number of aliphatic hydroxyl groups excluding tert-OH is 1. The zero-order chi connectivity index (χ0) is 13.0. The maximum absolute atomic E-state index is 11.2. The quantitative estimate of drug-likeness (QED) is 0.791. The van der Waals surface area contributed by atoms with Gasteiger partial charge in [-0.15, -0.1) is 0 Å². The maximum Gasteiger partial charge on any atom is 0.217 e. The van der Waals surface area contributed by atoms with Gasteiger partial charge in [0.1, 0.15) is 0 Å². The van der Waals surface area contributed by atoms with Crippen molar-refractivity contribution in [2.45, 2.75) is 57.5 Å². The van der Waals surface area contributed by atoms with Crippen molar-refractivity contribution < 1.29 is 9.90 Å². The van der Waals surface area contributed by atoms with Crippen LogP contribution in [0.5, 0.6) is 0 Å². The highest BCUT2D eigenvalue weighted by atomic mass is 16.3. The minimum atomic E-state index is 0.0658. The molecule has 2 fully saturated rings. The van der Waals surface area contributed by atoms with Crippen LogP contribution in [-0.2, 0) is 4.79 Å². The van der Waals surface area contributed by atoms with E-state index in [2.05, 4.69) is 10.2 Å². The van der Waals surface area contributed by atoms with Crippen LogP contribution in [0.25, 0.3) is 0 Å². The number of hydrogen-bond donors (Lipinski definition) is 2. The fraction of sp³-hybridized carbons (Fsp3) is 0.929. The first-order valence-electron chi connectivity index (χ1n) is 7.31. The van der Waals surface area contributed by atoms with Crippen molar-refractivity contribution >= 4 is 5.91 Å². The molecule has 1 heterocycles. The summed E-state index contributed by atoms with van der Waals surface area (Å²) in [6, 6.07) is 0.983. The molecule has 4 heteroatoms. The fourth-order valence-corrected chi connectivity index (χ4v) is 3.59. The average molecular weight is 254 g/mol. The van der Waals surface area contributed by atoms with Gasteiger partial charge in [0.05, 0.1) is 0 Å². The van der Waals surface area contributed by atoms with Gasteiger partial charge in [-0.25, -0.2) is 0 Å². The van der Waals surface area contributed by atoms with E-state index in [-0.39, 0.29) is 18.6 Å². The van der Waals surface area contributed by atoms with Crippen molar-refractivity contribution in [1.82, 2.24) is 10.2 Å². The Hall–Kier alpha value is -0.610. The third kappa shape index (κ3) is 3.69. The summed E-state index contributed by atoms with van der Waals surface area (Å²) in [5.41, 5.74) is 0. The molecule has 1 aliphatic heterocycles. The van der Waals surface area contributed by atoms with Gasteiger partial charge in [0, 0.05) is 38.7 Å². The third-order valence-corrected chi connectivity index (χ3v) is 4.35. The van der Waals surface area contributed by atoms with Gasteiger partial charge in [-0.1, -0.05) is 12.8 Å². The SMILES string of the molecule is CC(=O)NC1CC(CCO)CN(C2CCCC2)C1. The van der Waals surface area contributed by atoms with Crippen LogP contribution in [-0.4, -0.2) is 47.7 Å². The van der Waals surface area contributed by atoms with Crippen LogP contribution in [0.1, 0.15) is 45.4 Å². The first-order chi connectivity index (χ1) is 8.69. The molecular weight excluding hydrogens is 228 g/mol. The smallest absolute Gasteiger partial charge is 0.217 e. The number of rotatable bonds is 4. The van der Waals surface area contributed by atoms with Crippen LogP contribution in [0, 0.1) is 5.92 Å². The number of aliphatic hydroxyl groups is 1. The van der Waals surface area contributed by atoms with Gasteiger partial charge in [0.2, 0.25) is 5.91 Å². The Bertz CT molecular complexity index is 277. The highest BCUT2D eigenvalue weighted by Gasteiger charge is 2.32. The molecule has 2 N–H and O–H groups in total. The van der Waals surface area contributed by atoms with E-state index in [9.17, 15) is 4.79 Å². The van der Waals surface area contributed by atoms with Gasteiger partial charge in [0.15, 0.2) is 0 Å². The molecule has 0 radical (unpaired) electrons. The number of amides is 1. The van der Waals surface area contributed by atoms with Crippen LogP contribution in [0.4, 0.5) is 0 Å². The first kappa shape index (κ1) is 13.8. The van der Waals surface area contributed by atoms with Gasteiger partial charge in [-0.3, -0.25) is 9.69 Å². The van der Waals surface area contributed by atoms with Crippen LogP contribution >= 0.6 is 0 Å². The van der Waals surface area contributed by atoms with Crippen LogP contribution in [0.3, 0.4) is 0 Å². The second-order valence-electron chi connectivity index (χ2n) is 5.90. The summed E-state index contributed by atoms with van der Waals surface area (Å²) in [4.78, 5) is 13.8. The minimum Gasteiger partial charge on any atom is -0.396 e. The monoisotopic (exact) mass is 254 g/mol. The zero-order valence-electron chi connectivity index (χ0n) is 11.4. The zero-order valence-corrected chi connectivity index (χ0v) is 11.4. The molecule has 2 aliphatic rings. The molecular formula is C14H26N2O2. The highest BCUT2D eigenvalue weighted by molar-refractivity contribution is 5.73. The number of likely N-dealkylation sites (tertiary alicyclic amines) is 1. The summed E-state index contributed by atoms with van der Waals surface area (Å²) in [7, 11) is 0. The van der Waals surface area contributed by atoms with Gasteiger partial charge in [-0.2, -0.15) is 0 Å². The van der Waals surface area contributed by atoms with Crippen LogP contribution < -0.4 is 5.32 Å². The Kier molecular flexibility index (Phi) is 5.01. The van der Waals surface area contributed by atoms with Gasteiger partial charge < -0.3 is 10.4 Å². The normalized spacial score (nSPS) is 30.6. The van der Waals surface area contributed by atoms with E-state index in [1.165, 1.54) is 25.7 Å². The van der Waals surface area contributed by atoms with E-state index < -0.39 is 0 Å². The average Bonchev–Trinajstić information content (AvgIpc) is 2.81. The molecule has 0 spiro atoms. The van der Waals surface area contributed by atoms with Crippen molar-refractivity contribution in [3.8, 4) is 0 Å². The molecule has 1 saturated carbocycles. The summed E-state index contributed by atoms with van der Waals surface area (Å²) >= 11 is 0. The lowest BCUT2D eigenvalue weighted by Gasteiger charge is -2.41. The molecule has 2 atom stereocenters. The fourth-order valence-electron chi connectivity index (χ4n) is 3.59. The number of piperidine rings is 1. The Morgan fingerprint density at radius 1 is 1.33 bits per heavy atom. The van der Waals surface area contributed by atoms with Crippen LogP contribution in [0.15, 0.2) is 0 Å². The third-order valence-electron chi connectivity index (χ3n) is 4.35. The molecule has 104 valence electrons. The molecule has 1 aliphatic carbocycles. The van der Waals surface area contributed by atoms with Gasteiger partial charge >= 0.3 is 0 Å². The maximum atomic E-state index is 11.2. The Balaban J connectivity index is 1.94. The summed E-state index contributed by atoms with van der Waals surface area (Å²) < 4.78 is 0. The summed E-state index contributed by atoms with van der Waals surface area (Å²) in [6.45, 7) is 3.94. The summed E-state index contributed by atoms with van der Waals surface area (Å²) in [5, 5.41) is 12.2.